The lowest BCUT2D eigenvalue weighted by atomic mass is 9.87. The predicted molar refractivity (Wildman–Crippen MR) is 76.8 cm³/mol. The van der Waals surface area contributed by atoms with Gasteiger partial charge in [-0.15, -0.1) is 0 Å². The number of hydrogen-bond donors (Lipinski definition) is 2. The molecule has 1 fully saturated rings. The average molecular weight is 263 g/mol. The summed E-state index contributed by atoms with van der Waals surface area (Å²) in [6, 6.07) is 8.49. The summed E-state index contributed by atoms with van der Waals surface area (Å²) in [5.41, 5.74) is 2.51. The van der Waals surface area contributed by atoms with Crippen molar-refractivity contribution in [3.8, 4) is 0 Å². The first kappa shape index (κ1) is 14.5. The molecule has 0 spiro atoms. The van der Waals surface area contributed by atoms with Gasteiger partial charge in [0.05, 0.1) is 12.7 Å². The quantitative estimate of drug-likeness (QED) is 0.828. The molecule has 3 nitrogen and oxygen atoms in total. The number of aliphatic hydroxyl groups is 1. The van der Waals surface area contributed by atoms with Crippen LogP contribution >= 0.6 is 0 Å². The van der Waals surface area contributed by atoms with Crippen LogP contribution in [0.3, 0.4) is 0 Å². The summed E-state index contributed by atoms with van der Waals surface area (Å²) in [4.78, 5) is 0. The van der Waals surface area contributed by atoms with Crippen molar-refractivity contribution in [2.45, 2.75) is 44.9 Å². The molecule has 3 heteroatoms. The van der Waals surface area contributed by atoms with Gasteiger partial charge in [0.1, 0.15) is 0 Å². The fourth-order valence-electron chi connectivity index (χ4n) is 2.86. The second-order valence-electron chi connectivity index (χ2n) is 5.57. The lowest BCUT2D eigenvalue weighted by Gasteiger charge is -2.26. The van der Waals surface area contributed by atoms with Gasteiger partial charge in [0.15, 0.2) is 0 Å². The van der Waals surface area contributed by atoms with Crippen molar-refractivity contribution < 1.29 is 9.84 Å². The Morgan fingerprint density at radius 1 is 1.32 bits per heavy atom. The summed E-state index contributed by atoms with van der Waals surface area (Å²) >= 11 is 0. The van der Waals surface area contributed by atoms with E-state index in [4.69, 9.17) is 4.74 Å². The normalized spacial score (nSPS) is 23.5. The van der Waals surface area contributed by atoms with Gasteiger partial charge in [-0.2, -0.15) is 0 Å². The zero-order chi connectivity index (χ0) is 13.5. The van der Waals surface area contributed by atoms with Crippen molar-refractivity contribution in [2.75, 3.05) is 13.7 Å². The van der Waals surface area contributed by atoms with E-state index in [9.17, 15) is 5.11 Å². The molecule has 1 saturated carbocycles. The van der Waals surface area contributed by atoms with Gasteiger partial charge in [0.2, 0.25) is 0 Å². The molecular weight excluding hydrogens is 238 g/mol. The fraction of sp³-hybridized carbons (Fsp3) is 0.625. The Balaban J connectivity index is 1.74. The van der Waals surface area contributed by atoms with Crippen LogP contribution < -0.4 is 5.32 Å². The maximum atomic E-state index is 9.65. The van der Waals surface area contributed by atoms with Crippen molar-refractivity contribution in [3.05, 3.63) is 35.4 Å². The van der Waals surface area contributed by atoms with Crippen LogP contribution in [0.25, 0.3) is 0 Å². The molecule has 106 valence electrons. The molecule has 0 bridgehead atoms. The topological polar surface area (TPSA) is 41.5 Å². The van der Waals surface area contributed by atoms with Crippen LogP contribution in [0, 0.1) is 5.92 Å². The van der Waals surface area contributed by atoms with Crippen molar-refractivity contribution in [2.24, 2.45) is 5.92 Å². The highest BCUT2D eigenvalue weighted by atomic mass is 16.5. The molecule has 0 saturated heterocycles. The Kier molecular flexibility index (Phi) is 5.83. The van der Waals surface area contributed by atoms with Gasteiger partial charge < -0.3 is 15.2 Å². The van der Waals surface area contributed by atoms with Crippen LogP contribution in [0.5, 0.6) is 0 Å². The highest BCUT2D eigenvalue weighted by Crippen LogP contribution is 2.23. The van der Waals surface area contributed by atoms with E-state index in [1.54, 1.807) is 7.11 Å². The van der Waals surface area contributed by atoms with Gasteiger partial charge in [-0.3, -0.25) is 0 Å². The number of hydrogen-bond acceptors (Lipinski definition) is 3. The van der Waals surface area contributed by atoms with E-state index in [1.165, 1.54) is 17.5 Å². The number of methoxy groups -OCH3 is 1. The third kappa shape index (κ3) is 4.94. The third-order valence-electron chi connectivity index (χ3n) is 3.82. The molecule has 0 aromatic heterocycles. The van der Waals surface area contributed by atoms with Crippen molar-refractivity contribution in [1.82, 2.24) is 5.32 Å². The summed E-state index contributed by atoms with van der Waals surface area (Å²) < 4.78 is 5.15. The van der Waals surface area contributed by atoms with Crippen LogP contribution in [-0.2, 0) is 17.9 Å². The van der Waals surface area contributed by atoms with Crippen molar-refractivity contribution in [1.29, 1.82) is 0 Å². The Morgan fingerprint density at radius 2 is 2.16 bits per heavy atom. The van der Waals surface area contributed by atoms with Crippen LogP contribution in [0.15, 0.2) is 24.3 Å². The molecule has 2 rings (SSSR count). The molecule has 1 aromatic rings. The minimum absolute atomic E-state index is 0.0782. The highest BCUT2D eigenvalue weighted by Gasteiger charge is 2.19. The molecule has 1 aromatic carbocycles. The smallest absolute Gasteiger partial charge is 0.0713 e. The molecule has 2 N–H and O–H groups in total. The second-order valence-corrected chi connectivity index (χ2v) is 5.57. The summed E-state index contributed by atoms with van der Waals surface area (Å²) in [6.07, 6.45) is 4.27. The molecule has 1 aliphatic carbocycles. The van der Waals surface area contributed by atoms with E-state index in [0.29, 0.717) is 12.5 Å². The minimum atomic E-state index is -0.0782. The van der Waals surface area contributed by atoms with Gasteiger partial charge in [-0.1, -0.05) is 30.7 Å². The van der Waals surface area contributed by atoms with E-state index in [-0.39, 0.29) is 6.10 Å². The summed E-state index contributed by atoms with van der Waals surface area (Å²) in [6.45, 7) is 2.57. The van der Waals surface area contributed by atoms with Gasteiger partial charge in [0.25, 0.3) is 0 Å². The zero-order valence-corrected chi connectivity index (χ0v) is 11.8. The van der Waals surface area contributed by atoms with Crippen LogP contribution in [0.2, 0.25) is 0 Å². The van der Waals surface area contributed by atoms with E-state index in [2.05, 4.69) is 29.6 Å². The van der Waals surface area contributed by atoms with Gasteiger partial charge in [-0.25, -0.2) is 0 Å². The Morgan fingerprint density at radius 3 is 2.95 bits per heavy atom. The maximum absolute atomic E-state index is 9.65. The lowest BCUT2D eigenvalue weighted by Crippen LogP contribution is -2.28. The third-order valence-corrected chi connectivity index (χ3v) is 3.82. The first-order chi connectivity index (χ1) is 9.28. The number of benzene rings is 1. The first-order valence-electron chi connectivity index (χ1n) is 7.23. The molecule has 19 heavy (non-hydrogen) atoms. The Bertz CT molecular complexity index is 381. The molecule has 0 radical (unpaired) electrons. The van der Waals surface area contributed by atoms with Crippen molar-refractivity contribution in [3.63, 3.8) is 0 Å². The summed E-state index contributed by atoms with van der Waals surface area (Å²) in [5.74, 6) is 0.630. The first-order valence-corrected chi connectivity index (χ1v) is 7.23. The Labute approximate surface area is 116 Å². The average Bonchev–Trinajstić information content (AvgIpc) is 2.40. The van der Waals surface area contributed by atoms with Gasteiger partial charge in [-0.05, 0) is 42.9 Å². The number of aliphatic hydroxyl groups excluding tert-OH is 1. The molecule has 1 aliphatic rings. The number of ether oxygens (including phenoxy) is 1. The molecule has 0 amide bonds. The molecule has 2 unspecified atom stereocenters. The van der Waals surface area contributed by atoms with E-state index >= 15 is 0 Å². The zero-order valence-electron chi connectivity index (χ0n) is 11.8. The number of rotatable bonds is 6. The van der Waals surface area contributed by atoms with Crippen molar-refractivity contribution >= 4 is 0 Å². The summed E-state index contributed by atoms with van der Waals surface area (Å²) in [5, 5.41) is 13.2. The lowest BCUT2D eigenvalue weighted by molar-refractivity contribution is 0.101. The SMILES string of the molecule is COCc1cccc(CNCC2CCCC(O)C2)c1. The fourth-order valence-corrected chi connectivity index (χ4v) is 2.86. The largest absolute Gasteiger partial charge is 0.393 e. The molecule has 0 heterocycles. The van der Waals surface area contributed by atoms with Crippen LogP contribution in [0.4, 0.5) is 0 Å². The van der Waals surface area contributed by atoms with E-state index in [1.807, 2.05) is 0 Å². The summed E-state index contributed by atoms with van der Waals surface area (Å²) in [7, 11) is 1.72. The second kappa shape index (κ2) is 7.63. The Hall–Kier alpha value is -0.900. The van der Waals surface area contributed by atoms with Crippen LogP contribution in [-0.4, -0.2) is 24.9 Å². The monoisotopic (exact) mass is 263 g/mol. The molecule has 2 atom stereocenters. The van der Waals surface area contributed by atoms with E-state index < -0.39 is 0 Å². The standard InChI is InChI=1S/C16H25NO2/c1-19-12-15-6-2-4-13(8-15)10-17-11-14-5-3-7-16(18)9-14/h2,4,6,8,14,16-18H,3,5,7,9-12H2,1H3. The van der Waals surface area contributed by atoms with Gasteiger partial charge in [0, 0.05) is 13.7 Å². The van der Waals surface area contributed by atoms with Gasteiger partial charge >= 0.3 is 0 Å². The minimum Gasteiger partial charge on any atom is -0.393 e. The van der Waals surface area contributed by atoms with E-state index in [0.717, 1.165) is 32.4 Å². The molecular formula is C16H25NO2. The predicted octanol–water partition coefficient (Wildman–Crippen LogP) is 2.47. The van der Waals surface area contributed by atoms with Crippen LogP contribution in [0.1, 0.15) is 36.8 Å². The number of nitrogens with one attached hydrogen (secondary N) is 1. The molecule has 0 aliphatic heterocycles. The highest BCUT2D eigenvalue weighted by molar-refractivity contribution is 5.22. The maximum Gasteiger partial charge on any atom is 0.0713 e.